The lowest BCUT2D eigenvalue weighted by Gasteiger charge is -2.36. The first-order chi connectivity index (χ1) is 18.5. The van der Waals surface area contributed by atoms with Gasteiger partial charge in [-0.2, -0.15) is 5.11 Å². The van der Waals surface area contributed by atoms with Gasteiger partial charge in [-0.05, 0) is 74.9 Å². The molecule has 2 aromatic heterocycles. The van der Waals surface area contributed by atoms with Gasteiger partial charge in [-0.15, -0.1) is 5.10 Å². The second kappa shape index (κ2) is 9.01. The molecule has 4 aromatic rings. The number of hydrogen-bond acceptors (Lipinski definition) is 5. The largest absolute Gasteiger partial charge is 0.386 e. The van der Waals surface area contributed by atoms with E-state index in [-0.39, 0.29) is 24.8 Å². The van der Waals surface area contributed by atoms with Crippen molar-refractivity contribution in [3.05, 3.63) is 77.5 Å². The monoisotopic (exact) mass is 529 g/mol. The molecule has 3 heterocycles. The fraction of sp³-hybridized carbons (Fsp3) is 0.419. The van der Waals surface area contributed by atoms with Gasteiger partial charge in [0.15, 0.2) is 0 Å². The molecule has 2 aliphatic rings. The van der Waals surface area contributed by atoms with Gasteiger partial charge in [0, 0.05) is 30.0 Å². The van der Waals surface area contributed by atoms with E-state index in [9.17, 15) is 13.9 Å². The summed E-state index contributed by atoms with van der Waals surface area (Å²) in [4.78, 5) is 4.93. The molecule has 0 radical (unpaired) electrons. The molecule has 1 N–H and O–H groups in total. The summed E-state index contributed by atoms with van der Waals surface area (Å²) >= 11 is 0. The van der Waals surface area contributed by atoms with Gasteiger partial charge in [0.25, 0.3) is 0 Å². The molecule has 0 spiro atoms. The van der Waals surface area contributed by atoms with E-state index in [4.69, 9.17) is 4.98 Å². The first kappa shape index (κ1) is 25.7. The standard InChI is InChI=1S/C31H33F2N5O/c1-19-30(4,36-37-35-19)23-17-26-27(34-18-23)24-11-10-22(29(2,3)39)16-25(24)38(26)28(20-8-6-5-7-9-20)21-12-14-31(32,33)15-13-21/h5-11,16-18,21,28,39H,12-15H2,1-4H3. The molecule has 0 bridgehead atoms. The van der Waals surface area contributed by atoms with E-state index < -0.39 is 17.1 Å². The van der Waals surface area contributed by atoms with Crippen LogP contribution in [0.3, 0.4) is 0 Å². The van der Waals surface area contributed by atoms with Crippen LogP contribution in [0.1, 0.15) is 76.1 Å². The average Bonchev–Trinajstić information content (AvgIpc) is 3.42. The number of nitrogens with zero attached hydrogens (tertiary/aromatic N) is 5. The van der Waals surface area contributed by atoms with Gasteiger partial charge in [-0.3, -0.25) is 4.98 Å². The summed E-state index contributed by atoms with van der Waals surface area (Å²) in [5, 5.41) is 24.3. The number of pyridine rings is 1. The molecule has 2 unspecified atom stereocenters. The predicted octanol–water partition coefficient (Wildman–Crippen LogP) is 7.89. The lowest BCUT2D eigenvalue weighted by atomic mass is 9.79. The molecular weight excluding hydrogens is 496 g/mol. The molecule has 8 heteroatoms. The van der Waals surface area contributed by atoms with Crippen LogP contribution >= 0.6 is 0 Å². The van der Waals surface area contributed by atoms with E-state index in [1.807, 2.05) is 56.4 Å². The molecule has 6 rings (SSSR count). The highest BCUT2D eigenvalue weighted by Crippen LogP contribution is 2.46. The molecule has 1 fully saturated rings. The Morgan fingerprint density at radius 2 is 1.74 bits per heavy atom. The zero-order valence-corrected chi connectivity index (χ0v) is 22.7. The minimum absolute atomic E-state index is 0.00493. The molecule has 1 saturated carbocycles. The van der Waals surface area contributed by atoms with Gasteiger partial charge in [0.1, 0.15) is 5.54 Å². The van der Waals surface area contributed by atoms with Gasteiger partial charge >= 0.3 is 0 Å². The van der Waals surface area contributed by atoms with Gasteiger partial charge in [-0.1, -0.05) is 42.5 Å². The van der Waals surface area contributed by atoms with Crippen molar-refractivity contribution in [1.82, 2.24) is 9.55 Å². The van der Waals surface area contributed by atoms with E-state index in [1.54, 1.807) is 13.8 Å². The van der Waals surface area contributed by atoms with Crippen LogP contribution in [-0.4, -0.2) is 26.3 Å². The van der Waals surface area contributed by atoms with Gasteiger partial charge in [-0.25, -0.2) is 8.78 Å². The Hall–Kier alpha value is -3.52. The summed E-state index contributed by atoms with van der Waals surface area (Å²) in [5.74, 6) is -2.62. The summed E-state index contributed by atoms with van der Waals surface area (Å²) in [6, 6.07) is 18.0. The summed E-state index contributed by atoms with van der Waals surface area (Å²) in [7, 11) is 0. The maximum Gasteiger partial charge on any atom is 0.248 e. The smallest absolute Gasteiger partial charge is 0.248 e. The second-order valence-corrected chi connectivity index (χ2v) is 11.7. The Kier molecular flexibility index (Phi) is 5.95. The molecule has 0 saturated heterocycles. The van der Waals surface area contributed by atoms with Crippen LogP contribution in [0.2, 0.25) is 0 Å². The normalized spacial score (nSPS) is 22.5. The van der Waals surface area contributed by atoms with E-state index in [0.717, 1.165) is 44.3 Å². The third-order valence-electron chi connectivity index (χ3n) is 8.68. The molecule has 1 aliphatic heterocycles. The zero-order valence-electron chi connectivity index (χ0n) is 22.7. The van der Waals surface area contributed by atoms with Crippen molar-refractivity contribution in [1.29, 1.82) is 0 Å². The first-order valence-corrected chi connectivity index (χ1v) is 13.5. The topological polar surface area (TPSA) is 75.1 Å². The number of aliphatic hydroxyl groups is 1. The molecule has 2 atom stereocenters. The highest BCUT2D eigenvalue weighted by atomic mass is 19.3. The SMILES string of the molecule is CC1=NN=NC1(C)c1cnc2c3ccc(C(C)(C)O)cc3n(C(c3ccccc3)C3CCC(F)(F)CC3)c2c1. The Bertz CT molecular complexity index is 1610. The van der Waals surface area contributed by atoms with Crippen molar-refractivity contribution in [2.45, 2.75) is 76.5 Å². The second-order valence-electron chi connectivity index (χ2n) is 11.7. The van der Waals surface area contributed by atoms with Crippen molar-refractivity contribution >= 4 is 27.6 Å². The zero-order chi connectivity index (χ0) is 27.6. The number of alkyl halides is 2. The van der Waals surface area contributed by atoms with Crippen LogP contribution < -0.4 is 0 Å². The third kappa shape index (κ3) is 4.35. The van der Waals surface area contributed by atoms with Gasteiger partial charge in [0.05, 0.1) is 33.9 Å². The third-order valence-corrected chi connectivity index (χ3v) is 8.68. The molecule has 2 aromatic carbocycles. The fourth-order valence-electron chi connectivity index (χ4n) is 6.13. The maximum absolute atomic E-state index is 14.3. The van der Waals surface area contributed by atoms with E-state index in [1.165, 1.54) is 0 Å². The summed E-state index contributed by atoms with van der Waals surface area (Å²) < 4.78 is 30.9. The fourth-order valence-corrected chi connectivity index (χ4v) is 6.13. The van der Waals surface area contributed by atoms with Gasteiger partial charge in [0.2, 0.25) is 5.92 Å². The number of aromatic nitrogens is 2. The van der Waals surface area contributed by atoms with Crippen LogP contribution in [0.4, 0.5) is 8.78 Å². The van der Waals surface area contributed by atoms with Gasteiger partial charge < -0.3 is 9.67 Å². The minimum Gasteiger partial charge on any atom is -0.386 e. The number of hydrogen-bond donors (Lipinski definition) is 1. The predicted molar refractivity (Wildman–Crippen MR) is 149 cm³/mol. The summed E-state index contributed by atoms with van der Waals surface area (Å²) in [5.41, 5.74) is 4.37. The van der Waals surface area contributed by atoms with E-state index >= 15 is 0 Å². The number of benzene rings is 2. The minimum atomic E-state index is -2.62. The molecule has 202 valence electrons. The van der Waals surface area contributed by atoms with E-state index in [0.29, 0.717) is 12.8 Å². The molecule has 39 heavy (non-hydrogen) atoms. The van der Waals surface area contributed by atoms with Crippen LogP contribution in [-0.2, 0) is 11.1 Å². The first-order valence-electron chi connectivity index (χ1n) is 13.5. The van der Waals surface area contributed by atoms with Crippen molar-refractivity contribution in [3.63, 3.8) is 0 Å². The van der Waals surface area contributed by atoms with Crippen molar-refractivity contribution in [2.24, 2.45) is 21.4 Å². The number of halogens is 2. The number of rotatable bonds is 5. The van der Waals surface area contributed by atoms with Crippen LogP contribution in [0.5, 0.6) is 0 Å². The lowest BCUT2D eigenvalue weighted by molar-refractivity contribution is -0.0493. The highest BCUT2D eigenvalue weighted by molar-refractivity contribution is 6.07. The maximum atomic E-state index is 14.3. The highest BCUT2D eigenvalue weighted by Gasteiger charge is 2.40. The van der Waals surface area contributed by atoms with Crippen molar-refractivity contribution < 1.29 is 13.9 Å². The molecule has 1 aliphatic carbocycles. The van der Waals surface area contributed by atoms with Crippen LogP contribution in [0.15, 0.2) is 76.2 Å². The average molecular weight is 530 g/mol. The Labute approximate surface area is 226 Å². The van der Waals surface area contributed by atoms with Crippen LogP contribution in [0.25, 0.3) is 21.9 Å². The van der Waals surface area contributed by atoms with E-state index in [2.05, 4.69) is 38.2 Å². The Morgan fingerprint density at radius 3 is 2.38 bits per heavy atom. The van der Waals surface area contributed by atoms with Crippen LogP contribution in [0, 0.1) is 5.92 Å². The summed E-state index contributed by atoms with van der Waals surface area (Å²) in [6.07, 6.45) is 2.43. The number of fused-ring (bicyclic) bond motifs is 3. The quantitative estimate of drug-likeness (QED) is 0.285. The summed E-state index contributed by atoms with van der Waals surface area (Å²) in [6.45, 7) is 7.42. The molecular formula is C31H33F2N5O. The molecule has 6 nitrogen and oxygen atoms in total. The van der Waals surface area contributed by atoms with Crippen molar-refractivity contribution in [3.8, 4) is 0 Å². The lowest BCUT2D eigenvalue weighted by Crippen LogP contribution is -2.30. The van der Waals surface area contributed by atoms with Crippen molar-refractivity contribution in [2.75, 3.05) is 0 Å². The molecule has 0 amide bonds. The Balaban J connectivity index is 1.65. The Morgan fingerprint density at radius 1 is 1.03 bits per heavy atom.